The zero-order valence-corrected chi connectivity index (χ0v) is 10.4. The Bertz CT molecular complexity index is 550. The van der Waals surface area contributed by atoms with Crippen LogP contribution < -0.4 is 5.32 Å². The Balaban J connectivity index is 2.10. The highest BCUT2D eigenvalue weighted by molar-refractivity contribution is 6.01. The van der Waals surface area contributed by atoms with E-state index < -0.39 is 5.97 Å². The molecule has 6 heteroatoms. The van der Waals surface area contributed by atoms with E-state index in [0.29, 0.717) is 17.8 Å². The average molecular weight is 259 g/mol. The summed E-state index contributed by atoms with van der Waals surface area (Å²) in [6.45, 7) is 2.40. The number of carbonyl (C=O) groups excluding carboxylic acids is 2. The summed E-state index contributed by atoms with van der Waals surface area (Å²) in [6.07, 6.45) is 0. The number of hydrogen-bond donors (Lipinski definition) is 1. The topological polar surface area (TPSA) is 82.2 Å². The lowest BCUT2D eigenvalue weighted by molar-refractivity contribution is 0.0527. The number of rotatable bonds is 3. The number of amides is 2. The number of urea groups is 1. The summed E-state index contributed by atoms with van der Waals surface area (Å²) in [5, 5.41) is 11.3. The maximum Gasteiger partial charge on any atom is 0.340 e. The second-order valence-corrected chi connectivity index (χ2v) is 3.99. The Morgan fingerprint density at radius 3 is 2.89 bits per heavy atom. The Kier molecular flexibility index (Phi) is 3.66. The van der Waals surface area contributed by atoms with E-state index in [2.05, 4.69) is 5.32 Å². The molecular weight excluding hydrogens is 246 g/mol. The monoisotopic (exact) mass is 259 g/mol. The molecule has 98 valence electrons. The number of hydrogen-bond acceptors (Lipinski definition) is 4. The molecule has 1 N–H and O–H groups in total. The molecule has 19 heavy (non-hydrogen) atoms. The van der Waals surface area contributed by atoms with Gasteiger partial charge < -0.3 is 15.0 Å². The molecule has 2 amide bonds. The highest BCUT2D eigenvalue weighted by Gasteiger charge is 2.38. The third-order valence-electron chi connectivity index (χ3n) is 2.69. The van der Waals surface area contributed by atoms with E-state index in [4.69, 9.17) is 10.00 Å². The van der Waals surface area contributed by atoms with Crippen molar-refractivity contribution in [2.24, 2.45) is 0 Å². The first kappa shape index (κ1) is 12.9. The molecule has 0 spiro atoms. The van der Waals surface area contributed by atoms with Crippen LogP contribution in [0.5, 0.6) is 0 Å². The summed E-state index contributed by atoms with van der Waals surface area (Å²) in [5.41, 5.74) is 0.683. The van der Waals surface area contributed by atoms with Crippen molar-refractivity contribution in [2.45, 2.75) is 13.0 Å². The molecule has 1 aliphatic rings. The van der Waals surface area contributed by atoms with Crippen molar-refractivity contribution < 1.29 is 14.3 Å². The van der Waals surface area contributed by atoms with Gasteiger partial charge in [-0.3, -0.25) is 0 Å². The van der Waals surface area contributed by atoms with Crippen molar-refractivity contribution >= 4 is 17.7 Å². The number of carbonyl (C=O) groups is 2. The van der Waals surface area contributed by atoms with Gasteiger partial charge in [0.2, 0.25) is 0 Å². The van der Waals surface area contributed by atoms with Gasteiger partial charge in [-0.25, -0.2) is 9.59 Å². The lowest BCUT2D eigenvalue weighted by atomic mass is 10.2. The van der Waals surface area contributed by atoms with E-state index in [1.807, 2.05) is 6.07 Å². The van der Waals surface area contributed by atoms with Gasteiger partial charge in [-0.15, -0.1) is 0 Å². The molecule has 0 radical (unpaired) electrons. The van der Waals surface area contributed by atoms with Crippen LogP contribution in [0, 0.1) is 11.3 Å². The van der Waals surface area contributed by atoms with E-state index in [0.717, 1.165) is 0 Å². The maximum absolute atomic E-state index is 11.8. The predicted molar refractivity (Wildman–Crippen MR) is 67.5 cm³/mol. The SMILES string of the molecule is CCOC(=O)c1ccccc1NC(=O)N1CC1C#N. The molecule has 1 aromatic rings. The van der Waals surface area contributed by atoms with Crippen molar-refractivity contribution in [3.63, 3.8) is 0 Å². The number of nitrogens with one attached hydrogen (secondary N) is 1. The zero-order valence-electron chi connectivity index (χ0n) is 10.4. The molecule has 0 aliphatic carbocycles. The Hall–Kier alpha value is -2.55. The van der Waals surface area contributed by atoms with Crippen LogP contribution in [-0.2, 0) is 4.74 Å². The third kappa shape index (κ3) is 2.83. The molecular formula is C13H13N3O3. The highest BCUT2D eigenvalue weighted by Crippen LogP contribution is 2.21. The van der Waals surface area contributed by atoms with Gasteiger partial charge in [0, 0.05) is 0 Å². The lowest BCUT2D eigenvalue weighted by Crippen LogP contribution is -2.22. The molecule has 1 saturated heterocycles. The Labute approximate surface area is 110 Å². The standard InChI is InChI=1S/C13H13N3O3/c1-2-19-12(17)10-5-3-4-6-11(10)15-13(18)16-8-9(16)7-14/h3-6,9H,2,8H2,1H3,(H,15,18). The molecule has 1 heterocycles. The van der Waals surface area contributed by atoms with E-state index in [1.165, 1.54) is 4.90 Å². The summed E-state index contributed by atoms with van der Waals surface area (Å²) in [4.78, 5) is 24.9. The maximum atomic E-state index is 11.8. The van der Waals surface area contributed by atoms with Crippen LogP contribution in [0.4, 0.5) is 10.5 Å². The van der Waals surface area contributed by atoms with Gasteiger partial charge in [-0.2, -0.15) is 5.26 Å². The van der Waals surface area contributed by atoms with Gasteiger partial charge in [0.1, 0.15) is 6.04 Å². The number of anilines is 1. The van der Waals surface area contributed by atoms with E-state index >= 15 is 0 Å². The quantitative estimate of drug-likeness (QED) is 0.660. The molecule has 1 aliphatic heterocycles. The van der Waals surface area contributed by atoms with Crippen molar-refractivity contribution in [3.8, 4) is 6.07 Å². The molecule has 0 saturated carbocycles. The number of esters is 1. The van der Waals surface area contributed by atoms with Crippen molar-refractivity contribution in [3.05, 3.63) is 29.8 Å². The van der Waals surface area contributed by atoms with Crippen LogP contribution in [-0.4, -0.2) is 36.1 Å². The molecule has 1 atom stereocenters. The van der Waals surface area contributed by atoms with Gasteiger partial charge in [-0.1, -0.05) is 12.1 Å². The Morgan fingerprint density at radius 2 is 2.26 bits per heavy atom. The first-order valence-corrected chi connectivity index (χ1v) is 5.90. The van der Waals surface area contributed by atoms with Crippen molar-refractivity contribution in [2.75, 3.05) is 18.5 Å². The molecule has 0 aromatic heterocycles. The second kappa shape index (κ2) is 5.40. The summed E-state index contributed by atoms with van der Waals surface area (Å²) >= 11 is 0. The minimum absolute atomic E-state index is 0.268. The average Bonchev–Trinajstić information content (AvgIpc) is 3.19. The smallest absolute Gasteiger partial charge is 0.340 e. The number of ether oxygens (including phenoxy) is 1. The number of nitrogens with zero attached hydrogens (tertiary/aromatic N) is 2. The van der Waals surface area contributed by atoms with Crippen LogP contribution in [0.1, 0.15) is 17.3 Å². The van der Waals surface area contributed by atoms with Gasteiger partial charge in [0.05, 0.1) is 30.5 Å². The summed E-state index contributed by atoms with van der Waals surface area (Å²) in [7, 11) is 0. The zero-order chi connectivity index (χ0) is 13.8. The minimum Gasteiger partial charge on any atom is -0.462 e. The molecule has 1 unspecified atom stereocenters. The molecule has 1 fully saturated rings. The largest absolute Gasteiger partial charge is 0.462 e. The number of nitriles is 1. The fourth-order valence-electron chi connectivity index (χ4n) is 1.64. The lowest BCUT2D eigenvalue weighted by Gasteiger charge is -2.10. The van der Waals surface area contributed by atoms with Gasteiger partial charge >= 0.3 is 12.0 Å². The van der Waals surface area contributed by atoms with Crippen LogP contribution in [0.3, 0.4) is 0 Å². The Morgan fingerprint density at radius 1 is 1.53 bits per heavy atom. The molecule has 1 aromatic carbocycles. The van der Waals surface area contributed by atoms with Crippen molar-refractivity contribution in [1.82, 2.24) is 4.90 Å². The minimum atomic E-state index is -0.485. The first-order valence-electron chi connectivity index (χ1n) is 5.90. The number of para-hydroxylation sites is 1. The van der Waals surface area contributed by atoms with Gasteiger partial charge in [-0.05, 0) is 19.1 Å². The second-order valence-electron chi connectivity index (χ2n) is 3.99. The van der Waals surface area contributed by atoms with Crippen LogP contribution in [0.25, 0.3) is 0 Å². The summed E-state index contributed by atoms with van der Waals surface area (Å²) in [6, 6.07) is 7.84. The van der Waals surface area contributed by atoms with Gasteiger partial charge in [0.25, 0.3) is 0 Å². The predicted octanol–water partition coefficient (Wildman–Crippen LogP) is 1.60. The van der Waals surface area contributed by atoms with Gasteiger partial charge in [0.15, 0.2) is 0 Å². The summed E-state index contributed by atoms with van der Waals surface area (Å²) in [5.74, 6) is -0.485. The van der Waals surface area contributed by atoms with E-state index in [-0.39, 0.29) is 18.7 Å². The fourth-order valence-corrected chi connectivity index (χ4v) is 1.64. The fraction of sp³-hybridized carbons (Fsp3) is 0.308. The molecule has 6 nitrogen and oxygen atoms in total. The normalized spacial score (nSPS) is 16.4. The van der Waals surface area contributed by atoms with E-state index in [1.54, 1.807) is 31.2 Å². The number of benzene rings is 1. The van der Waals surface area contributed by atoms with Crippen LogP contribution in [0.2, 0.25) is 0 Å². The van der Waals surface area contributed by atoms with Crippen LogP contribution in [0.15, 0.2) is 24.3 Å². The van der Waals surface area contributed by atoms with Crippen LogP contribution >= 0.6 is 0 Å². The van der Waals surface area contributed by atoms with E-state index in [9.17, 15) is 9.59 Å². The highest BCUT2D eigenvalue weighted by atomic mass is 16.5. The third-order valence-corrected chi connectivity index (χ3v) is 2.69. The first-order chi connectivity index (χ1) is 9.17. The molecule has 0 bridgehead atoms. The summed E-state index contributed by atoms with van der Waals surface area (Å²) < 4.78 is 4.91. The molecule has 2 rings (SSSR count). The van der Waals surface area contributed by atoms with Crippen molar-refractivity contribution in [1.29, 1.82) is 5.26 Å².